The Kier molecular flexibility index (Phi) is 6.88. The van der Waals surface area contributed by atoms with Crippen molar-refractivity contribution in [1.29, 1.82) is 0 Å². The van der Waals surface area contributed by atoms with Gasteiger partial charge in [-0.25, -0.2) is 8.42 Å². The van der Waals surface area contributed by atoms with Gasteiger partial charge in [-0.3, -0.25) is 4.99 Å². The van der Waals surface area contributed by atoms with Gasteiger partial charge in [0.1, 0.15) is 0 Å². The molecule has 0 aliphatic carbocycles. The minimum Gasteiger partial charge on any atom is -0.373 e. The number of fused-ring (bicyclic) bond motifs is 2. The van der Waals surface area contributed by atoms with Gasteiger partial charge in [-0.05, 0) is 31.4 Å². The maximum atomic E-state index is 12.2. The third-order valence-corrected chi connectivity index (χ3v) is 6.15. The van der Waals surface area contributed by atoms with Gasteiger partial charge >= 0.3 is 0 Å². The molecule has 8 heteroatoms. The summed E-state index contributed by atoms with van der Waals surface area (Å²) in [4.78, 5) is 4.52. The molecule has 6 nitrogen and oxygen atoms in total. The standard InChI is InChI=1S/C16H23N3O3S.HI/c1-17-16(19-14-11-12-7-8-15(14)22-12)18-9-10-23(20,21)13-5-3-2-4-6-13;/h2-6,12,14-15H,7-11H2,1H3,(H2,17,18,19);1H. The molecule has 24 heavy (non-hydrogen) atoms. The number of nitrogens with one attached hydrogen (secondary N) is 2. The van der Waals surface area contributed by atoms with E-state index in [0.717, 1.165) is 19.3 Å². The molecule has 2 aliphatic heterocycles. The van der Waals surface area contributed by atoms with Crippen LogP contribution in [0.4, 0.5) is 0 Å². The summed E-state index contributed by atoms with van der Waals surface area (Å²) in [5.41, 5.74) is 0. The first-order valence-electron chi connectivity index (χ1n) is 7.99. The number of ether oxygens (including phenoxy) is 1. The molecule has 0 saturated carbocycles. The predicted molar refractivity (Wildman–Crippen MR) is 105 cm³/mol. The van der Waals surface area contributed by atoms with Crippen LogP contribution in [-0.4, -0.2) is 52.0 Å². The molecule has 0 aromatic heterocycles. The highest BCUT2D eigenvalue weighted by atomic mass is 127. The Labute approximate surface area is 160 Å². The van der Waals surface area contributed by atoms with Crippen LogP contribution in [0.2, 0.25) is 0 Å². The summed E-state index contributed by atoms with van der Waals surface area (Å²) in [6.45, 7) is 0.318. The van der Waals surface area contributed by atoms with Crippen molar-refractivity contribution in [3.63, 3.8) is 0 Å². The van der Waals surface area contributed by atoms with Crippen LogP contribution in [0.5, 0.6) is 0 Å². The van der Waals surface area contributed by atoms with Gasteiger partial charge in [0, 0.05) is 13.6 Å². The van der Waals surface area contributed by atoms with Crippen molar-refractivity contribution in [1.82, 2.24) is 10.6 Å². The molecule has 2 heterocycles. The highest BCUT2D eigenvalue weighted by Crippen LogP contribution is 2.34. The van der Waals surface area contributed by atoms with Crippen LogP contribution in [0, 0.1) is 0 Å². The Morgan fingerprint density at radius 2 is 2.04 bits per heavy atom. The molecular formula is C16H24IN3O3S. The van der Waals surface area contributed by atoms with E-state index in [1.165, 1.54) is 0 Å². The third kappa shape index (κ3) is 4.60. The Hall–Kier alpha value is -0.870. The van der Waals surface area contributed by atoms with Crippen LogP contribution >= 0.6 is 24.0 Å². The maximum absolute atomic E-state index is 12.2. The number of sulfone groups is 1. The van der Waals surface area contributed by atoms with Crippen LogP contribution in [0.15, 0.2) is 40.2 Å². The summed E-state index contributed by atoms with van der Waals surface area (Å²) in [5, 5.41) is 6.43. The molecule has 0 amide bonds. The van der Waals surface area contributed by atoms with Gasteiger partial charge in [0.15, 0.2) is 15.8 Å². The van der Waals surface area contributed by atoms with Gasteiger partial charge in [-0.15, -0.1) is 24.0 Å². The lowest BCUT2D eigenvalue weighted by Crippen LogP contribution is -2.48. The van der Waals surface area contributed by atoms with Gasteiger partial charge in [0.2, 0.25) is 0 Å². The zero-order valence-electron chi connectivity index (χ0n) is 13.6. The maximum Gasteiger partial charge on any atom is 0.191 e. The van der Waals surface area contributed by atoms with Crippen molar-refractivity contribution in [2.24, 2.45) is 4.99 Å². The largest absolute Gasteiger partial charge is 0.373 e. The molecule has 2 aliphatic rings. The Balaban J connectivity index is 0.00000208. The summed E-state index contributed by atoms with van der Waals surface area (Å²) in [5.74, 6) is 0.666. The number of guanidine groups is 1. The molecule has 0 radical (unpaired) electrons. The first-order valence-corrected chi connectivity index (χ1v) is 9.64. The van der Waals surface area contributed by atoms with E-state index in [-0.39, 0.29) is 41.9 Å². The summed E-state index contributed by atoms with van der Waals surface area (Å²) in [7, 11) is -1.58. The molecule has 1 aromatic carbocycles. The highest BCUT2D eigenvalue weighted by molar-refractivity contribution is 14.0. The van der Waals surface area contributed by atoms with E-state index in [4.69, 9.17) is 4.74 Å². The predicted octanol–water partition coefficient (Wildman–Crippen LogP) is 1.56. The summed E-state index contributed by atoms with van der Waals surface area (Å²) >= 11 is 0. The number of halogens is 1. The van der Waals surface area contributed by atoms with Crippen molar-refractivity contribution in [2.75, 3.05) is 19.3 Å². The van der Waals surface area contributed by atoms with Crippen molar-refractivity contribution >= 4 is 39.8 Å². The van der Waals surface area contributed by atoms with E-state index in [9.17, 15) is 8.42 Å². The summed E-state index contributed by atoms with van der Waals surface area (Å²) < 4.78 is 30.3. The normalized spacial score (nSPS) is 26.0. The van der Waals surface area contributed by atoms with Gasteiger partial charge in [0.25, 0.3) is 0 Å². The lowest BCUT2D eigenvalue weighted by molar-refractivity contribution is 0.0992. The number of nitrogens with zero attached hydrogens (tertiary/aromatic N) is 1. The summed E-state index contributed by atoms with van der Waals surface area (Å²) in [6, 6.07) is 8.78. The Bertz CT molecular complexity index is 666. The highest BCUT2D eigenvalue weighted by Gasteiger charge is 2.41. The molecule has 2 bridgehead atoms. The molecule has 2 saturated heterocycles. The van der Waals surface area contributed by atoms with E-state index in [2.05, 4.69) is 15.6 Å². The van der Waals surface area contributed by atoms with E-state index < -0.39 is 9.84 Å². The van der Waals surface area contributed by atoms with Crippen molar-refractivity contribution in [3.05, 3.63) is 30.3 Å². The van der Waals surface area contributed by atoms with Gasteiger partial charge < -0.3 is 15.4 Å². The van der Waals surface area contributed by atoms with E-state index in [1.54, 1.807) is 37.4 Å². The summed E-state index contributed by atoms with van der Waals surface area (Å²) in [6.07, 6.45) is 3.85. The van der Waals surface area contributed by atoms with Crippen LogP contribution in [-0.2, 0) is 14.6 Å². The second kappa shape index (κ2) is 8.48. The third-order valence-electron chi connectivity index (χ3n) is 4.42. The zero-order chi connectivity index (χ0) is 16.3. The SMILES string of the molecule is CN=C(NCCS(=O)(=O)c1ccccc1)NC1CC2CCC1O2.I. The smallest absolute Gasteiger partial charge is 0.191 e. The molecule has 1 aromatic rings. The van der Waals surface area contributed by atoms with E-state index >= 15 is 0 Å². The minimum absolute atomic E-state index is 0. The molecule has 2 fully saturated rings. The van der Waals surface area contributed by atoms with Crippen LogP contribution in [0.3, 0.4) is 0 Å². The van der Waals surface area contributed by atoms with Gasteiger partial charge in [-0.1, -0.05) is 18.2 Å². The zero-order valence-corrected chi connectivity index (χ0v) is 16.8. The lowest BCUT2D eigenvalue weighted by Gasteiger charge is -2.22. The molecule has 134 valence electrons. The fourth-order valence-corrected chi connectivity index (χ4v) is 4.39. The number of hydrogen-bond acceptors (Lipinski definition) is 4. The first-order chi connectivity index (χ1) is 11.1. The van der Waals surface area contributed by atoms with E-state index in [0.29, 0.717) is 23.5 Å². The minimum atomic E-state index is -3.27. The quantitative estimate of drug-likeness (QED) is 0.392. The van der Waals surface area contributed by atoms with Crippen molar-refractivity contribution in [3.8, 4) is 0 Å². The number of aliphatic imine (C=N–C) groups is 1. The Morgan fingerprint density at radius 3 is 2.62 bits per heavy atom. The second-order valence-electron chi connectivity index (χ2n) is 5.99. The van der Waals surface area contributed by atoms with Crippen molar-refractivity contribution < 1.29 is 13.2 Å². The molecular weight excluding hydrogens is 441 g/mol. The number of rotatable bonds is 5. The fraction of sp³-hybridized carbons (Fsp3) is 0.562. The lowest BCUT2D eigenvalue weighted by atomic mass is 9.96. The number of hydrogen-bond donors (Lipinski definition) is 2. The van der Waals surface area contributed by atoms with E-state index in [1.807, 2.05) is 0 Å². The molecule has 3 unspecified atom stereocenters. The van der Waals surface area contributed by atoms with Crippen molar-refractivity contribution in [2.45, 2.75) is 42.4 Å². The second-order valence-corrected chi connectivity index (χ2v) is 8.10. The van der Waals surface area contributed by atoms with Crippen LogP contribution in [0.1, 0.15) is 19.3 Å². The van der Waals surface area contributed by atoms with Gasteiger partial charge in [0.05, 0.1) is 28.9 Å². The first kappa shape index (κ1) is 19.5. The molecule has 3 rings (SSSR count). The average molecular weight is 465 g/mol. The van der Waals surface area contributed by atoms with Crippen LogP contribution in [0.25, 0.3) is 0 Å². The molecule has 2 N–H and O–H groups in total. The fourth-order valence-electron chi connectivity index (χ4n) is 3.21. The van der Waals surface area contributed by atoms with Gasteiger partial charge in [-0.2, -0.15) is 0 Å². The monoisotopic (exact) mass is 465 g/mol. The van der Waals surface area contributed by atoms with Crippen LogP contribution < -0.4 is 10.6 Å². The average Bonchev–Trinajstić information content (AvgIpc) is 3.17. The topological polar surface area (TPSA) is 79.8 Å². The molecule has 0 spiro atoms. The Morgan fingerprint density at radius 1 is 1.29 bits per heavy atom. The number of benzene rings is 1. The molecule has 3 atom stereocenters.